The van der Waals surface area contributed by atoms with E-state index in [9.17, 15) is 0 Å². The molecule has 1 heterocycles. The summed E-state index contributed by atoms with van der Waals surface area (Å²) < 4.78 is 0. The zero-order valence-corrected chi connectivity index (χ0v) is 8.91. The number of nitrogens with one attached hydrogen (secondary N) is 1. The molecule has 78 valence electrons. The van der Waals surface area contributed by atoms with Gasteiger partial charge in [-0.2, -0.15) is 0 Å². The molecule has 5 N–H and O–H groups in total. The van der Waals surface area contributed by atoms with Crippen molar-refractivity contribution in [2.45, 2.75) is 26.8 Å². The Balaban J connectivity index is 3.08. The van der Waals surface area contributed by atoms with Crippen LogP contribution >= 0.6 is 0 Å². The number of hydrogen-bond donors (Lipinski definition) is 3. The van der Waals surface area contributed by atoms with E-state index in [1.54, 1.807) is 6.20 Å². The fourth-order valence-electron chi connectivity index (χ4n) is 1.49. The molecule has 0 aliphatic rings. The highest BCUT2D eigenvalue weighted by Crippen LogP contribution is 2.25. The molecule has 0 aliphatic carbocycles. The van der Waals surface area contributed by atoms with Crippen LogP contribution < -0.4 is 17.0 Å². The van der Waals surface area contributed by atoms with Gasteiger partial charge in [0.2, 0.25) is 0 Å². The van der Waals surface area contributed by atoms with E-state index in [2.05, 4.69) is 24.3 Å². The van der Waals surface area contributed by atoms with E-state index in [1.807, 2.05) is 13.0 Å². The summed E-state index contributed by atoms with van der Waals surface area (Å²) in [5.41, 5.74) is 10.6. The minimum Gasteiger partial charge on any atom is -0.383 e. The molecule has 1 aromatic rings. The maximum Gasteiger partial charge on any atom is 0.128 e. The first kappa shape index (κ1) is 10.9. The van der Waals surface area contributed by atoms with Crippen molar-refractivity contribution in [2.24, 2.45) is 11.8 Å². The maximum absolute atomic E-state index is 5.80. The molecule has 0 aromatic carbocycles. The van der Waals surface area contributed by atoms with Crippen LogP contribution in [0.15, 0.2) is 12.3 Å². The zero-order valence-electron chi connectivity index (χ0n) is 8.91. The molecule has 4 nitrogen and oxygen atoms in total. The number of nitrogens with two attached hydrogens (primary N) is 2. The Morgan fingerprint density at radius 3 is 2.57 bits per heavy atom. The van der Waals surface area contributed by atoms with Crippen LogP contribution in [0.1, 0.15) is 31.0 Å². The monoisotopic (exact) mass is 194 g/mol. The van der Waals surface area contributed by atoms with Crippen LogP contribution in [0, 0.1) is 12.8 Å². The number of hydrazine groups is 1. The van der Waals surface area contributed by atoms with Crippen LogP contribution in [0.4, 0.5) is 5.82 Å². The van der Waals surface area contributed by atoms with Gasteiger partial charge in [-0.15, -0.1) is 0 Å². The number of hydrogen-bond acceptors (Lipinski definition) is 4. The third-order valence-electron chi connectivity index (χ3n) is 2.27. The highest BCUT2D eigenvalue weighted by Gasteiger charge is 2.17. The summed E-state index contributed by atoms with van der Waals surface area (Å²) in [7, 11) is 0. The van der Waals surface area contributed by atoms with Crippen LogP contribution in [0.2, 0.25) is 0 Å². The highest BCUT2D eigenvalue weighted by atomic mass is 15.2. The SMILES string of the molecule is Cc1cnc(N)c(C(NN)C(C)C)c1. The lowest BCUT2D eigenvalue weighted by Crippen LogP contribution is -2.32. The van der Waals surface area contributed by atoms with Gasteiger partial charge >= 0.3 is 0 Å². The van der Waals surface area contributed by atoms with Crippen LogP contribution in [-0.2, 0) is 0 Å². The first-order chi connectivity index (χ1) is 6.56. The number of nitrogens with zero attached hydrogens (tertiary/aromatic N) is 1. The van der Waals surface area contributed by atoms with Gasteiger partial charge in [0.25, 0.3) is 0 Å². The van der Waals surface area contributed by atoms with Crippen molar-refractivity contribution in [1.82, 2.24) is 10.4 Å². The van der Waals surface area contributed by atoms with Crippen molar-refractivity contribution in [1.29, 1.82) is 0 Å². The average Bonchev–Trinajstić information content (AvgIpc) is 2.11. The lowest BCUT2D eigenvalue weighted by Gasteiger charge is -2.21. The van der Waals surface area contributed by atoms with E-state index in [0.29, 0.717) is 11.7 Å². The minimum atomic E-state index is 0.0578. The van der Waals surface area contributed by atoms with Gasteiger partial charge < -0.3 is 5.73 Å². The molecule has 1 rings (SSSR count). The van der Waals surface area contributed by atoms with E-state index >= 15 is 0 Å². The van der Waals surface area contributed by atoms with Crippen LogP contribution in [0.25, 0.3) is 0 Å². The second kappa shape index (κ2) is 4.39. The number of aromatic nitrogens is 1. The lowest BCUT2D eigenvalue weighted by molar-refractivity contribution is 0.421. The molecule has 0 fully saturated rings. The van der Waals surface area contributed by atoms with Crippen LogP contribution in [-0.4, -0.2) is 4.98 Å². The zero-order chi connectivity index (χ0) is 10.7. The topological polar surface area (TPSA) is 77.0 Å². The van der Waals surface area contributed by atoms with Crippen molar-refractivity contribution < 1.29 is 0 Å². The molecule has 0 amide bonds. The predicted molar refractivity (Wildman–Crippen MR) is 58.3 cm³/mol. The molecule has 4 heteroatoms. The van der Waals surface area contributed by atoms with Crippen molar-refractivity contribution >= 4 is 5.82 Å². The fraction of sp³-hybridized carbons (Fsp3) is 0.500. The molecular formula is C10H18N4. The van der Waals surface area contributed by atoms with Gasteiger partial charge in [0.05, 0.1) is 6.04 Å². The summed E-state index contributed by atoms with van der Waals surface area (Å²) in [6.07, 6.45) is 1.76. The van der Waals surface area contributed by atoms with Crippen molar-refractivity contribution in [2.75, 3.05) is 5.73 Å². The summed E-state index contributed by atoms with van der Waals surface area (Å²) in [5, 5.41) is 0. The molecule has 0 radical (unpaired) electrons. The molecule has 14 heavy (non-hydrogen) atoms. The molecular weight excluding hydrogens is 176 g/mol. The summed E-state index contributed by atoms with van der Waals surface area (Å²) in [6.45, 7) is 6.17. The summed E-state index contributed by atoms with van der Waals surface area (Å²) >= 11 is 0. The van der Waals surface area contributed by atoms with Crippen LogP contribution in [0.3, 0.4) is 0 Å². The second-order valence-electron chi connectivity index (χ2n) is 3.88. The van der Waals surface area contributed by atoms with Gasteiger partial charge in [0, 0.05) is 11.8 Å². The Morgan fingerprint density at radius 1 is 1.43 bits per heavy atom. The summed E-state index contributed by atoms with van der Waals surface area (Å²) in [5.74, 6) is 6.42. The Morgan fingerprint density at radius 2 is 2.07 bits per heavy atom. The first-order valence-electron chi connectivity index (χ1n) is 4.74. The number of anilines is 1. The Labute approximate surface area is 84.7 Å². The predicted octanol–water partition coefficient (Wildman–Crippen LogP) is 1.13. The van der Waals surface area contributed by atoms with Gasteiger partial charge in [-0.1, -0.05) is 13.8 Å². The molecule has 0 spiro atoms. The van der Waals surface area contributed by atoms with E-state index in [4.69, 9.17) is 11.6 Å². The lowest BCUT2D eigenvalue weighted by atomic mass is 9.96. The third kappa shape index (κ3) is 2.21. The largest absolute Gasteiger partial charge is 0.383 e. The smallest absolute Gasteiger partial charge is 0.128 e. The van der Waals surface area contributed by atoms with Gasteiger partial charge in [-0.05, 0) is 24.5 Å². The molecule has 0 bridgehead atoms. The van der Waals surface area contributed by atoms with Gasteiger partial charge in [-0.3, -0.25) is 11.3 Å². The Kier molecular flexibility index (Phi) is 3.43. The van der Waals surface area contributed by atoms with Crippen molar-refractivity contribution in [3.8, 4) is 0 Å². The first-order valence-corrected chi connectivity index (χ1v) is 4.74. The van der Waals surface area contributed by atoms with Crippen molar-refractivity contribution in [3.63, 3.8) is 0 Å². The molecule has 1 atom stereocenters. The Hall–Kier alpha value is -1.13. The van der Waals surface area contributed by atoms with E-state index in [0.717, 1.165) is 11.1 Å². The van der Waals surface area contributed by atoms with Gasteiger partial charge in [0.15, 0.2) is 0 Å². The number of rotatable bonds is 3. The van der Waals surface area contributed by atoms with E-state index in [1.165, 1.54) is 0 Å². The number of pyridine rings is 1. The van der Waals surface area contributed by atoms with Crippen LogP contribution in [0.5, 0.6) is 0 Å². The minimum absolute atomic E-state index is 0.0578. The summed E-state index contributed by atoms with van der Waals surface area (Å²) in [4.78, 5) is 4.11. The quantitative estimate of drug-likeness (QED) is 0.498. The average molecular weight is 194 g/mol. The maximum atomic E-state index is 5.80. The fourth-order valence-corrected chi connectivity index (χ4v) is 1.49. The molecule has 0 saturated carbocycles. The highest BCUT2D eigenvalue weighted by molar-refractivity contribution is 5.43. The summed E-state index contributed by atoms with van der Waals surface area (Å²) in [6, 6.07) is 2.08. The van der Waals surface area contributed by atoms with Crippen molar-refractivity contribution in [3.05, 3.63) is 23.4 Å². The third-order valence-corrected chi connectivity index (χ3v) is 2.27. The Bertz CT molecular complexity index is 309. The van der Waals surface area contributed by atoms with E-state index in [-0.39, 0.29) is 6.04 Å². The molecule has 1 aromatic heterocycles. The number of nitrogen functional groups attached to an aromatic ring is 1. The van der Waals surface area contributed by atoms with Gasteiger partial charge in [0.1, 0.15) is 5.82 Å². The second-order valence-corrected chi connectivity index (χ2v) is 3.88. The molecule has 0 aliphatic heterocycles. The van der Waals surface area contributed by atoms with E-state index < -0.39 is 0 Å². The molecule has 1 unspecified atom stereocenters. The normalized spacial score (nSPS) is 13.2. The standard InChI is InChI=1S/C10H18N4/c1-6(2)9(14-12)8-4-7(3)5-13-10(8)11/h4-6,9,14H,12H2,1-3H3,(H2,11,13). The molecule has 0 saturated heterocycles. The van der Waals surface area contributed by atoms with Gasteiger partial charge in [-0.25, -0.2) is 4.98 Å². The number of aryl methyl sites for hydroxylation is 1.